The fourth-order valence-electron chi connectivity index (χ4n) is 3.55. The topological polar surface area (TPSA) is 40.6 Å². The summed E-state index contributed by atoms with van der Waals surface area (Å²) in [5.41, 5.74) is 1.78. The Morgan fingerprint density at radius 2 is 1.84 bits per heavy atom. The van der Waals surface area contributed by atoms with Crippen LogP contribution in [0.5, 0.6) is 0 Å². The molecule has 136 valence electrons. The zero-order valence-corrected chi connectivity index (χ0v) is 14.1. The standard InChI is InChI=1S/C18H21F3N2O2/c1-12-4-6-15(7-5-12)23-10-13(9-16(23)24)17(25)22-8-2-3-14(11-22)18(19,20)21/h4-7,13-14H,2-3,8-11H2,1H3/t13-,14-/m0/s1. The number of carbonyl (C=O) groups is 2. The van der Waals surface area contributed by atoms with E-state index in [-0.39, 0.29) is 37.7 Å². The molecule has 2 saturated heterocycles. The van der Waals surface area contributed by atoms with Crippen molar-refractivity contribution in [2.75, 3.05) is 24.5 Å². The van der Waals surface area contributed by atoms with Gasteiger partial charge in [-0.2, -0.15) is 13.2 Å². The van der Waals surface area contributed by atoms with E-state index in [1.54, 1.807) is 4.90 Å². The summed E-state index contributed by atoms with van der Waals surface area (Å²) in [7, 11) is 0. The quantitative estimate of drug-likeness (QED) is 0.819. The number of hydrogen-bond acceptors (Lipinski definition) is 2. The van der Waals surface area contributed by atoms with Gasteiger partial charge in [-0.3, -0.25) is 9.59 Å². The Hall–Kier alpha value is -2.05. The van der Waals surface area contributed by atoms with Crippen LogP contribution in [0.25, 0.3) is 0 Å². The molecule has 0 aromatic heterocycles. The van der Waals surface area contributed by atoms with Gasteiger partial charge in [0.1, 0.15) is 0 Å². The number of carbonyl (C=O) groups excluding carboxylic acids is 2. The summed E-state index contributed by atoms with van der Waals surface area (Å²) >= 11 is 0. The number of rotatable bonds is 2. The van der Waals surface area contributed by atoms with Crippen LogP contribution in [-0.4, -0.2) is 42.5 Å². The van der Waals surface area contributed by atoms with Gasteiger partial charge in [-0.15, -0.1) is 0 Å². The third kappa shape index (κ3) is 3.80. The van der Waals surface area contributed by atoms with Gasteiger partial charge in [0.05, 0.1) is 11.8 Å². The number of halogens is 3. The summed E-state index contributed by atoms with van der Waals surface area (Å²) < 4.78 is 38.8. The van der Waals surface area contributed by atoms with E-state index < -0.39 is 18.0 Å². The van der Waals surface area contributed by atoms with Crippen molar-refractivity contribution in [3.8, 4) is 0 Å². The van der Waals surface area contributed by atoms with Crippen molar-refractivity contribution < 1.29 is 22.8 Å². The second kappa shape index (κ2) is 6.69. The number of alkyl halides is 3. The van der Waals surface area contributed by atoms with E-state index in [1.165, 1.54) is 4.90 Å². The number of likely N-dealkylation sites (tertiary alicyclic amines) is 1. The Bertz CT molecular complexity index is 657. The molecule has 0 spiro atoms. The molecule has 0 unspecified atom stereocenters. The number of hydrogen-bond donors (Lipinski definition) is 0. The largest absolute Gasteiger partial charge is 0.393 e. The molecule has 4 nitrogen and oxygen atoms in total. The lowest BCUT2D eigenvalue weighted by atomic mass is 9.96. The lowest BCUT2D eigenvalue weighted by Gasteiger charge is -2.35. The fourth-order valence-corrected chi connectivity index (χ4v) is 3.55. The molecule has 2 fully saturated rings. The van der Waals surface area contributed by atoms with E-state index >= 15 is 0 Å². The first-order valence-electron chi connectivity index (χ1n) is 8.48. The highest BCUT2D eigenvalue weighted by atomic mass is 19.4. The van der Waals surface area contributed by atoms with Gasteiger partial charge in [0.2, 0.25) is 11.8 Å². The fraction of sp³-hybridized carbons (Fsp3) is 0.556. The van der Waals surface area contributed by atoms with Crippen LogP contribution < -0.4 is 4.90 Å². The van der Waals surface area contributed by atoms with E-state index in [4.69, 9.17) is 0 Å². The molecule has 2 amide bonds. The van der Waals surface area contributed by atoms with Crippen molar-refractivity contribution in [1.82, 2.24) is 4.90 Å². The minimum atomic E-state index is -4.28. The summed E-state index contributed by atoms with van der Waals surface area (Å²) in [6, 6.07) is 7.41. The monoisotopic (exact) mass is 354 g/mol. The first-order chi connectivity index (χ1) is 11.8. The Morgan fingerprint density at radius 1 is 1.16 bits per heavy atom. The molecule has 0 bridgehead atoms. The van der Waals surface area contributed by atoms with Gasteiger partial charge in [-0.25, -0.2) is 0 Å². The highest BCUT2D eigenvalue weighted by Gasteiger charge is 2.44. The molecule has 2 aliphatic rings. The zero-order chi connectivity index (χ0) is 18.2. The Kier molecular flexibility index (Phi) is 4.75. The molecule has 1 aromatic rings. The van der Waals surface area contributed by atoms with Crippen LogP contribution in [-0.2, 0) is 9.59 Å². The van der Waals surface area contributed by atoms with Crippen molar-refractivity contribution >= 4 is 17.5 Å². The predicted octanol–water partition coefficient (Wildman–Crippen LogP) is 3.15. The Morgan fingerprint density at radius 3 is 2.48 bits per heavy atom. The van der Waals surface area contributed by atoms with Crippen LogP contribution in [0.15, 0.2) is 24.3 Å². The molecule has 7 heteroatoms. The lowest BCUT2D eigenvalue weighted by molar-refractivity contribution is -0.188. The SMILES string of the molecule is Cc1ccc(N2C[C@@H](C(=O)N3CCC[C@H](C(F)(F)F)C3)CC2=O)cc1. The third-order valence-corrected chi connectivity index (χ3v) is 5.02. The first kappa shape index (κ1) is 17.8. The molecule has 2 aliphatic heterocycles. The summed E-state index contributed by atoms with van der Waals surface area (Å²) in [5.74, 6) is -2.53. The number of piperidine rings is 1. The van der Waals surface area contributed by atoms with E-state index in [0.29, 0.717) is 13.0 Å². The van der Waals surface area contributed by atoms with E-state index in [9.17, 15) is 22.8 Å². The normalized spacial score (nSPS) is 24.7. The number of amides is 2. The van der Waals surface area contributed by atoms with Gasteiger partial charge in [0, 0.05) is 31.7 Å². The van der Waals surface area contributed by atoms with Crippen molar-refractivity contribution in [1.29, 1.82) is 0 Å². The molecule has 2 atom stereocenters. The minimum absolute atomic E-state index is 0.0555. The lowest BCUT2D eigenvalue weighted by Crippen LogP contribution is -2.47. The van der Waals surface area contributed by atoms with Gasteiger partial charge in [0.25, 0.3) is 0 Å². The van der Waals surface area contributed by atoms with E-state index in [0.717, 1.165) is 11.3 Å². The summed E-state index contributed by atoms with van der Waals surface area (Å²) in [4.78, 5) is 27.7. The molecular formula is C18H21F3N2O2. The van der Waals surface area contributed by atoms with Gasteiger partial charge in [0.15, 0.2) is 0 Å². The number of anilines is 1. The summed E-state index contributed by atoms with van der Waals surface area (Å²) in [6.45, 7) is 2.21. The van der Waals surface area contributed by atoms with Gasteiger partial charge in [-0.1, -0.05) is 17.7 Å². The third-order valence-electron chi connectivity index (χ3n) is 5.02. The van der Waals surface area contributed by atoms with E-state index in [1.807, 2.05) is 31.2 Å². The number of nitrogens with zero attached hydrogens (tertiary/aromatic N) is 2. The maximum atomic E-state index is 12.9. The maximum absolute atomic E-state index is 12.9. The number of benzene rings is 1. The maximum Gasteiger partial charge on any atom is 0.393 e. The van der Waals surface area contributed by atoms with Gasteiger partial charge >= 0.3 is 6.18 Å². The molecule has 0 saturated carbocycles. The van der Waals surface area contributed by atoms with Crippen molar-refractivity contribution in [3.63, 3.8) is 0 Å². The van der Waals surface area contributed by atoms with Crippen LogP contribution in [0.1, 0.15) is 24.8 Å². The Labute approximate surface area is 144 Å². The van der Waals surface area contributed by atoms with Crippen LogP contribution in [0.3, 0.4) is 0 Å². The first-order valence-corrected chi connectivity index (χ1v) is 8.48. The smallest absolute Gasteiger partial charge is 0.342 e. The van der Waals surface area contributed by atoms with Crippen LogP contribution in [0, 0.1) is 18.8 Å². The molecule has 1 aromatic carbocycles. The summed E-state index contributed by atoms with van der Waals surface area (Å²) in [6.07, 6.45) is -3.82. The molecule has 3 rings (SSSR count). The van der Waals surface area contributed by atoms with Crippen molar-refractivity contribution in [2.24, 2.45) is 11.8 Å². The average molecular weight is 354 g/mol. The summed E-state index contributed by atoms with van der Waals surface area (Å²) in [5, 5.41) is 0. The highest BCUT2D eigenvalue weighted by molar-refractivity contribution is 6.00. The number of aryl methyl sites for hydroxylation is 1. The molecule has 0 aliphatic carbocycles. The average Bonchev–Trinajstić information content (AvgIpc) is 2.96. The second-order valence-electron chi connectivity index (χ2n) is 6.91. The van der Waals surface area contributed by atoms with Crippen LogP contribution in [0.2, 0.25) is 0 Å². The van der Waals surface area contributed by atoms with Crippen LogP contribution >= 0.6 is 0 Å². The van der Waals surface area contributed by atoms with Gasteiger partial charge in [-0.05, 0) is 31.9 Å². The van der Waals surface area contributed by atoms with E-state index in [2.05, 4.69) is 0 Å². The van der Waals surface area contributed by atoms with Crippen molar-refractivity contribution in [2.45, 2.75) is 32.4 Å². The highest BCUT2D eigenvalue weighted by Crippen LogP contribution is 2.34. The van der Waals surface area contributed by atoms with Gasteiger partial charge < -0.3 is 9.80 Å². The zero-order valence-electron chi connectivity index (χ0n) is 14.1. The molecule has 0 radical (unpaired) electrons. The molecule has 2 heterocycles. The predicted molar refractivity (Wildman–Crippen MR) is 87.0 cm³/mol. The molecule has 25 heavy (non-hydrogen) atoms. The molecule has 0 N–H and O–H groups in total. The minimum Gasteiger partial charge on any atom is -0.342 e. The van der Waals surface area contributed by atoms with Crippen LogP contribution in [0.4, 0.5) is 18.9 Å². The second-order valence-corrected chi connectivity index (χ2v) is 6.91. The molecular weight excluding hydrogens is 333 g/mol. The Balaban J connectivity index is 1.67. The van der Waals surface area contributed by atoms with Crippen molar-refractivity contribution in [3.05, 3.63) is 29.8 Å².